The summed E-state index contributed by atoms with van der Waals surface area (Å²) in [7, 11) is 0. The monoisotopic (exact) mass is 325 g/mol. The van der Waals surface area contributed by atoms with Crippen LogP contribution in [-0.4, -0.2) is 29.3 Å². The fourth-order valence-electron chi connectivity index (χ4n) is 2.80. The van der Waals surface area contributed by atoms with Crippen LogP contribution in [0.25, 0.3) is 0 Å². The van der Waals surface area contributed by atoms with Gasteiger partial charge >= 0.3 is 6.09 Å². The van der Waals surface area contributed by atoms with E-state index in [4.69, 9.17) is 4.74 Å². The first-order valence-electron chi connectivity index (χ1n) is 7.94. The maximum atomic E-state index is 11.8. The molecule has 1 aliphatic carbocycles. The Bertz CT molecular complexity index is 496. The number of aryl methyl sites for hydroxylation is 1. The Balaban J connectivity index is 1.76. The van der Waals surface area contributed by atoms with Gasteiger partial charge in [-0.3, -0.25) is 0 Å². The first kappa shape index (κ1) is 17.2. The molecule has 5 nitrogen and oxygen atoms in total. The van der Waals surface area contributed by atoms with E-state index in [0.717, 1.165) is 18.7 Å². The molecule has 2 atom stereocenters. The van der Waals surface area contributed by atoms with Crippen LogP contribution in [0.2, 0.25) is 0 Å². The van der Waals surface area contributed by atoms with Gasteiger partial charge in [0.1, 0.15) is 5.60 Å². The van der Waals surface area contributed by atoms with E-state index in [9.17, 15) is 4.79 Å². The van der Waals surface area contributed by atoms with Crippen LogP contribution in [0.3, 0.4) is 0 Å². The largest absolute Gasteiger partial charge is 0.444 e. The summed E-state index contributed by atoms with van der Waals surface area (Å²) in [4.78, 5) is 17.3. The Morgan fingerprint density at radius 2 is 2.23 bits per heavy atom. The van der Waals surface area contributed by atoms with Gasteiger partial charge in [0, 0.05) is 24.0 Å². The normalized spacial score (nSPS) is 21.8. The summed E-state index contributed by atoms with van der Waals surface area (Å²) in [5.74, 6) is 0.473. The van der Waals surface area contributed by atoms with Crippen molar-refractivity contribution >= 4 is 17.4 Å². The molecule has 1 heterocycles. The van der Waals surface area contributed by atoms with Crippen molar-refractivity contribution in [1.82, 2.24) is 15.6 Å². The SMILES string of the molecule is Cc1ncsc1CNC1CCCC1CNC(=O)OC(C)(C)C. The van der Waals surface area contributed by atoms with Crippen LogP contribution in [-0.2, 0) is 11.3 Å². The van der Waals surface area contributed by atoms with Crippen molar-refractivity contribution in [2.45, 2.75) is 65.1 Å². The highest BCUT2D eigenvalue weighted by molar-refractivity contribution is 7.09. The number of ether oxygens (including phenoxy) is 1. The van der Waals surface area contributed by atoms with E-state index < -0.39 is 5.60 Å². The van der Waals surface area contributed by atoms with Crippen LogP contribution in [0.4, 0.5) is 4.79 Å². The molecule has 22 heavy (non-hydrogen) atoms. The zero-order chi connectivity index (χ0) is 16.2. The van der Waals surface area contributed by atoms with E-state index in [0.29, 0.717) is 18.5 Å². The van der Waals surface area contributed by atoms with E-state index in [1.165, 1.54) is 17.7 Å². The Labute approximate surface area is 136 Å². The van der Waals surface area contributed by atoms with Crippen LogP contribution in [0.5, 0.6) is 0 Å². The molecular formula is C16H27N3O2S. The van der Waals surface area contributed by atoms with Gasteiger partial charge in [-0.2, -0.15) is 0 Å². The Morgan fingerprint density at radius 3 is 2.86 bits per heavy atom. The highest BCUT2D eigenvalue weighted by atomic mass is 32.1. The number of carbonyl (C=O) groups excluding carboxylic acids is 1. The minimum Gasteiger partial charge on any atom is -0.444 e. The highest BCUT2D eigenvalue weighted by Crippen LogP contribution is 2.26. The van der Waals surface area contributed by atoms with Gasteiger partial charge < -0.3 is 15.4 Å². The molecule has 1 fully saturated rings. The maximum Gasteiger partial charge on any atom is 0.407 e. The number of hydrogen-bond acceptors (Lipinski definition) is 5. The van der Waals surface area contributed by atoms with Crippen LogP contribution in [0.1, 0.15) is 50.6 Å². The Hall–Kier alpha value is -1.14. The van der Waals surface area contributed by atoms with Gasteiger partial charge in [-0.15, -0.1) is 11.3 Å². The Morgan fingerprint density at radius 1 is 1.45 bits per heavy atom. The summed E-state index contributed by atoms with van der Waals surface area (Å²) in [5.41, 5.74) is 2.56. The standard InChI is InChI=1S/C16H27N3O2S/c1-11-14(22-10-19-11)9-17-13-7-5-6-12(13)8-18-15(20)21-16(2,3)4/h10,12-13,17H,5-9H2,1-4H3,(H,18,20). The predicted molar refractivity (Wildman–Crippen MR) is 89.1 cm³/mol. The molecule has 1 aromatic heterocycles. The van der Waals surface area contributed by atoms with Crippen LogP contribution in [0, 0.1) is 12.8 Å². The van der Waals surface area contributed by atoms with Crippen LogP contribution in [0.15, 0.2) is 5.51 Å². The number of rotatable bonds is 5. The predicted octanol–water partition coefficient (Wildman–Crippen LogP) is 3.23. The molecule has 0 aliphatic heterocycles. The van der Waals surface area contributed by atoms with Gasteiger partial charge in [0.05, 0.1) is 11.2 Å². The highest BCUT2D eigenvalue weighted by Gasteiger charge is 2.28. The molecule has 0 spiro atoms. The third kappa shape index (κ3) is 5.25. The topological polar surface area (TPSA) is 63.2 Å². The third-order valence-electron chi connectivity index (χ3n) is 3.94. The molecule has 1 aromatic rings. The molecule has 6 heteroatoms. The molecule has 1 aliphatic rings. The van der Waals surface area contributed by atoms with Crippen molar-refractivity contribution in [2.75, 3.05) is 6.54 Å². The molecule has 2 unspecified atom stereocenters. The fourth-order valence-corrected chi connectivity index (χ4v) is 3.53. The molecular weight excluding hydrogens is 298 g/mol. The van der Waals surface area contributed by atoms with E-state index in [2.05, 4.69) is 15.6 Å². The number of amides is 1. The lowest BCUT2D eigenvalue weighted by Gasteiger charge is -2.23. The zero-order valence-electron chi connectivity index (χ0n) is 13.9. The molecule has 1 saturated carbocycles. The van der Waals surface area contributed by atoms with Crippen LogP contribution < -0.4 is 10.6 Å². The van der Waals surface area contributed by atoms with Crippen LogP contribution >= 0.6 is 11.3 Å². The van der Waals surface area contributed by atoms with Crippen molar-refractivity contribution < 1.29 is 9.53 Å². The molecule has 1 amide bonds. The number of alkyl carbamates (subject to hydrolysis) is 1. The first-order chi connectivity index (χ1) is 10.3. The molecule has 2 rings (SSSR count). The number of hydrogen-bond donors (Lipinski definition) is 2. The van der Waals surface area contributed by atoms with E-state index in [-0.39, 0.29) is 6.09 Å². The summed E-state index contributed by atoms with van der Waals surface area (Å²) in [5, 5.41) is 6.53. The van der Waals surface area contributed by atoms with Gasteiger partial charge in [-0.25, -0.2) is 9.78 Å². The lowest BCUT2D eigenvalue weighted by atomic mass is 10.0. The van der Waals surface area contributed by atoms with E-state index >= 15 is 0 Å². The van der Waals surface area contributed by atoms with Gasteiger partial charge in [0.15, 0.2) is 0 Å². The molecule has 124 valence electrons. The van der Waals surface area contributed by atoms with Crippen molar-refractivity contribution in [2.24, 2.45) is 5.92 Å². The van der Waals surface area contributed by atoms with Crippen molar-refractivity contribution in [3.05, 3.63) is 16.1 Å². The molecule has 0 bridgehead atoms. The summed E-state index contributed by atoms with van der Waals surface area (Å²) >= 11 is 1.70. The number of thiazole rings is 1. The smallest absolute Gasteiger partial charge is 0.407 e. The summed E-state index contributed by atoms with van der Waals surface area (Å²) in [6.45, 7) is 9.22. The maximum absolute atomic E-state index is 11.8. The average Bonchev–Trinajstić information content (AvgIpc) is 3.00. The quantitative estimate of drug-likeness (QED) is 0.872. The Kier molecular flexibility index (Phi) is 5.81. The van der Waals surface area contributed by atoms with E-state index in [1.807, 2.05) is 33.2 Å². The zero-order valence-corrected chi connectivity index (χ0v) is 14.8. The van der Waals surface area contributed by atoms with Gasteiger partial charge in [0.2, 0.25) is 0 Å². The lowest BCUT2D eigenvalue weighted by molar-refractivity contribution is 0.0517. The minimum atomic E-state index is -0.443. The number of carbonyl (C=O) groups is 1. The molecule has 0 radical (unpaired) electrons. The van der Waals surface area contributed by atoms with Gasteiger partial charge in [-0.1, -0.05) is 6.42 Å². The van der Waals surface area contributed by atoms with Crippen molar-refractivity contribution in [3.8, 4) is 0 Å². The number of nitrogens with one attached hydrogen (secondary N) is 2. The van der Waals surface area contributed by atoms with Crippen molar-refractivity contribution in [3.63, 3.8) is 0 Å². The fraction of sp³-hybridized carbons (Fsp3) is 0.750. The molecule has 0 saturated heterocycles. The van der Waals surface area contributed by atoms with Crippen molar-refractivity contribution in [1.29, 1.82) is 0 Å². The molecule has 0 aromatic carbocycles. The average molecular weight is 325 g/mol. The summed E-state index contributed by atoms with van der Waals surface area (Å²) < 4.78 is 5.29. The van der Waals surface area contributed by atoms with E-state index in [1.54, 1.807) is 11.3 Å². The third-order valence-corrected chi connectivity index (χ3v) is 4.87. The summed E-state index contributed by atoms with van der Waals surface area (Å²) in [6.07, 6.45) is 3.20. The minimum absolute atomic E-state index is 0.323. The van der Waals surface area contributed by atoms with Gasteiger partial charge in [-0.05, 0) is 46.5 Å². The lowest BCUT2D eigenvalue weighted by Crippen LogP contribution is -2.40. The number of nitrogens with zero attached hydrogens (tertiary/aromatic N) is 1. The second-order valence-electron chi connectivity index (χ2n) is 6.92. The number of aromatic nitrogens is 1. The van der Waals surface area contributed by atoms with Gasteiger partial charge in [0.25, 0.3) is 0 Å². The summed E-state index contributed by atoms with van der Waals surface area (Å²) in [6, 6.07) is 0.455. The second kappa shape index (κ2) is 7.42. The molecule has 2 N–H and O–H groups in total. The second-order valence-corrected chi connectivity index (χ2v) is 7.86. The first-order valence-corrected chi connectivity index (χ1v) is 8.82.